The molecule has 1 heterocycles. The molecule has 0 aliphatic rings. The summed E-state index contributed by atoms with van der Waals surface area (Å²) in [6.45, 7) is 3.91. The molecule has 0 saturated heterocycles. The maximum atomic E-state index is 9.78. The predicted molar refractivity (Wildman–Crippen MR) is 70.4 cm³/mol. The summed E-state index contributed by atoms with van der Waals surface area (Å²) in [6.07, 6.45) is 0. The topological polar surface area (TPSA) is 33.1 Å². The highest BCUT2D eigenvalue weighted by molar-refractivity contribution is 6.08. The van der Waals surface area contributed by atoms with Gasteiger partial charge < -0.3 is 5.11 Å². The molecule has 1 aromatic heterocycles. The number of rotatable bonds is 0. The van der Waals surface area contributed by atoms with Gasteiger partial charge in [-0.15, -0.1) is 0 Å². The molecule has 0 amide bonds. The first-order valence-corrected chi connectivity index (χ1v) is 5.65. The second-order valence-corrected chi connectivity index (χ2v) is 4.40. The van der Waals surface area contributed by atoms with Gasteiger partial charge in [0, 0.05) is 5.39 Å². The number of aromatic nitrogens is 1. The number of aromatic hydroxyl groups is 1. The van der Waals surface area contributed by atoms with Crippen molar-refractivity contribution in [2.45, 2.75) is 13.8 Å². The lowest BCUT2D eigenvalue weighted by atomic mass is 10.0. The van der Waals surface area contributed by atoms with Crippen LogP contribution in [0, 0.1) is 13.8 Å². The van der Waals surface area contributed by atoms with Crippen molar-refractivity contribution in [3.63, 3.8) is 0 Å². The van der Waals surface area contributed by atoms with Crippen LogP contribution in [0.5, 0.6) is 5.75 Å². The number of benzene rings is 2. The summed E-state index contributed by atoms with van der Waals surface area (Å²) >= 11 is 0. The molecule has 0 bridgehead atoms. The standard InChI is InChI=1S/C15H13NO/c1-9-7-14-13(8-15(17)10(2)16-14)12-6-4-3-5-11(9)12/h3-8,17H,1-2H3. The molecule has 0 saturated carbocycles. The molecule has 1 N–H and O–H groups in total. The molecular formula is C15H13NO. The maximum absolute atomic E-state index is 9.78. The predicted octanol–water partition coefficient (Wildman–Crippen LogP) is 3.71. The summed E-state index contributed by atoms with van der Waals surface area (Å²) in [5.74, 6) is 0.256. The normalized spacial score (nSPS) is 11.2. The smallest absolute Gasteiger partial charge is 0.137 e. The molecule has 84 valence electrons. The molecule has 2 nitrogen and oxygen atoms in total. The van der Waals surface area contributed by atoms with Crippen LogP contribution in [-0.4, -0.2) is 10.1 Å². The third-order valence-electron chi connectivity index (χ3n) is 3.21. The molecule has 0 aliphatic carbocycles. The molecule has 3 rings (SSSR count). The van der Waals surface area contributed by atoms with Crippen LogP contribution in [0.2, 0.25) is 0 Å². The fourth-order valence-corrected chi connectivity index (χ4v) is 2.28. The van der Waals surface area contributed by atoms with Crippen molar-refractivity contribution in [2.24, 2.45) is 0 Å². The van der Waals surface area contributed by atoms with Gasteiger partial charge in [-0.05, 0) is 42.3 Å². The van der Waals surface area contributed by atoms with Crippen molar-refractivity contribution < 1.29 is 5.11 Å². The Balaban J connectivity index is 2.59. The van der Waals surface area contributed by atoms with E-state index >= 15 is 0 Å². The van der Waals surface area contributed by atoms with E-state index in [2.05, 4.69) is 30.1 Å². The van der Waals surface area contributed by atoms with Crippen LogP contribution in [-0.2, 0) is 0 Å². The fraction of sp³-hybridized carbons (Fsp3) is 0.133. The molecule has 0 aliphatic heterocycles. The summed E-state index contributed by atoms with van der Waals surface area (Å²) in [7, 11) is 0. The van der Waals surface area contributed by atoms with Gasteiger partial charge in [0.2, 0.25) is 0 Å². The monoisotopic (exact) mass is 223 g/mol. The van der Waals surface area contributed by atoms with Crippen LogP contribution >= 0.6 is 0 Å². The minimum atomic E-state index is 0.256. The highest BCUT2D eigenvalue weighted by Crippen LogP contribution is 2.30. The van der Waals surface area contributed by atoms with Gasteiger partial charge in [-0.3, -0.25) is 0 Å². The highest BCUT2D eigenvalue weighted by Gasteiger charge is 2.07. The Kier molecular flexibility index (Phi) is 2.05. The third-order valence-corrected chi connectivity index (χ3v) is 3.21. The molecule has 0 spiro atoms. The van der Waals surface area contributed by atoms with E-state index < -0.39 is 0 Å². The zero-order chi connectivity index (χ0) is 12.0. The largest absolute Gasteiger partial charge is 0.506 e. The highest BCUT2D eigenvalue weighted by atomic mass is 16.3. The van der Waals surface area contributed by atoms with E-state index in [4.69, 9.17) is 0 Å². The first-order chi connectivity index (χ1) is 8.16. The van der Waals surface area contributed by atoms with E-state index in [-0.39, 0.29) is 5.75 Å². The van der Waals surface area contributed by atoms with Crippen LogP contribution in [0.15, 0.2) is 36.4 Å². The Morgan fingerprint density at radius 2 is 1.65 bits per heavy atom. The minimum absolute atomic E-state index is 0.256. The van der Waals surface area contributed by atoms with Crippen LogP contribution in [0.3, 0.4) is 0 Å². The van der Waals surface area contributed by atoms with Crippen molar-refractivity contribution in [1.82, 2.24) is 4.98 Å². The first-order valence-electron chi connectivity index (χ1n) is 5.65. The number of nitrogens with zero attached hydrogens (tertiary/aromatic N) is 1. The third kappa shape index (κ3) is 1.45. The van der Waals surface area contributed by atoms with E-state index in [0.717, 1.165) is 16.3 Å². The van der Waals surface area contributed by atoms with Gasteiger partial charge in [0.15, 0.2) is 0 Å². The number of fused-ring (bicyclic) bond motifs is 3. The Hall–Kier alpha value is -2.09. The molecule has 2 aromatic carbocycles. The average molecular weight is 223 g/mol. The van der Waals surface area contributed by atoms with Gasteiger partial charge in [-0.1, -0.05) is 24.3 Å². The van der Waals surface area contributed by atoms with E-state index in [1.807, 2.05) is 19.1 Å². The van der Waals surface area contributed by atoms with Gasteiger partial charge in [-0.25, -0.2) is 4.98 Å². The van der Waals surface area contributed by atoms with Crippen LogP contribution < -0.4 is 0 Å². The van der Waals surface area contributed by atoms with E-state index in [0.29, 0.717) is 5.69 Å². The number of pyridine rings is 1. The summed E-state index contributed by atoms with van der Waals surface area (Å²) in [5.41, 5.74) is 2.83. The quantitative estimate of drug-likeness (QED) is 0.589. The lowest BCUT2D eigenvalue weighted by molar-refractivity contribution is 0.469. The second kappa shape index (κ2) is 3.45. The van der Waals surface area contributed by atoms with E-state index in [1.54, 1.807) is 6.07 Å². The Bertz CT molecular complexity index is 732. The SMILES string of the molecule is Cc1nc2cc(C)c3ccccc3c2cc1O. The van der Waals surface area contributed by atoms with Crippen molar-refractivity contribution in [1.29, 1.82) is 0 Å². The lowest BCUT2D eigenvalue weighted by Crippen LogP contribution is -1.88. The van der Waals surface area contributed by atoms with Gasteiger partial charge >= 0.3 is 0 Å². The van der Waals surface area contributed by atoms with Crippen molar-refractivity contribution in [3.8, 4) is 5.75 Å². The lowest BCUT2D eigenvalue weighted by Gasteiger charge is -2.08. The van der Waals surface area contributed by atoms with Gasteiger partial charge in [0.05, 0.1) is 11.2 Å². The second-order valence-electron chi connectivity index (χ2n) is 4.40. The number of hydrogen-bond donors (Lipinski definition) is 1. The number of aryl methyl sites for hydroxylation is 2. The summed E-state index contributed by atoms with van der Waals surface area (Å²) in [6, 6.07) is 12.1. The van der Waals surface area contributed by atoms with Gasteiger partial charge in [0.25, 0.3) is 0 Å². The molecule has 0 radical (unpaired) electrons. The number of hydrogen-bond acceptors (Lipinski definition) is 2. The summed E-state index contributed by atoms with van der Waals surface area (Å²) in [4.78, 5) is 4.44. The van der Waals surface area contributed by atoms with E-state index in [9.17, 15) is 5.11 Å². The summed E-state index contributed by atoms with van der Waals surface area (Å²) in [5, 5.41) is 13.1. The van der Waals surface area contributed by atoms with Crippen molar-refractivity contribution >= 4 is 21.7 Å². The van der Waals surface area contributed by atoms with Gasteiger partial charge in [0.1, 0.15) is 5.75 Å². The molecular weight excluding hydrogens is 210 g/mol. The van der Waals surface area contributed by atoms with Crippen LogP contribution in [0.4, 0.5) is 0 Å². The Labute approximate surface area is 99.5 Å². The van der Waals surface area contributed by atoms with Crippen molar-refractivity contribution in [2.75, 3.05) is 0 Å². The van der Waals surface area contributed by atoms with E-state index in [1.165, 1.54) is 10.9 Å². The van der Waals surface area contributed by atoms with Gasteiger partial charge in [-0.2, -0.15) is 0 Å². The van der Waals surface area contributed by atoms with Crippen LogP contribution in [0.1, 0.15) is 11.3 Å². The fourth-order valence-electron chi connectivity index (χ4n) is 2.28. The first kappa shape index (κ1) is 10.1. The molecule has 0 unspecified atom stereocenters. The Morgan fingerprint density at radius 1 is 0.941 bits per heavy atom. The summed E-state index contributed by atoms with van der Waals surface area (Å²) < 4.78 is 0. The molecule has 17 heavy (non-hydrogen) atoms. The average Bonchev–Trinajstić information content (AvgIpc) is 2.32. The molecule has 2 heteroatoms. The zero-order valence-corrected chi connectivity index (χ0v) is 9.86. The molecule has 3 aromatic rings. The van der Waals surface area contributed by atoms with Crippen molar-refractivity contribution in [3.05, 3.63) is 47.7 Å². The Morgan fingerprint density at radius 3 is 2.41 bits per heavy atom. The van der Waals surface area contributed by atoms with Crippen LogP contribution in [0.25, 0.3) is 21.7 Å². The minimum Gasteiger partial charge on any atom is -0.506 e. The molecule has 0 fully saturated rings. The maximum Gasteiger partial charge on any atom is 0.137 e. The molecule has 0 atom stereocenters. The zero-order valence-electron chi connectivity index (χ0n) is 9.86.